The van der Waals surface area contributed by atoms with E-state index < -0.39 is 0 Å². The van der Waals surface area contributed by atoms with E-state index in [-0.39, 0.29) is 24.0 Å². The van der Waals surface area contributed by atoms with Crippen molar-refractivity contribution in [2.45, 2.75) is 77.7 Å². The van der Waals surface area contributed by atoms with Gasteiger partial charge >= 0.3 is 0 Å². The van der Waals surface area contributed by atoms with Crippen LogP contribution in [0.25, 0.3) is 0 Å². The van der Waals surface area contributed by atoms with Crippen molar-refractivity contribution < 1.29 is 0 Å². The summed E-state index contributed by atoms with van der Waals surface area (Å²) in [5.74, 6) is 4.74. The van der Waals surface area contributed by atoms with E-state index in [0.717, 1.165) is 63.8 Å². The van der Waals surface area contributed by atoms with E-state index in [0.29, 0.717) is 11.8 Å². The van der Waals surface area contributed by atoms with E-state index in [1.54, 1.807) is 0 Å². The average Bonchev–Trinajstić information content (AvgIpc) is 3.06. The topological polar surface area (TPSA) is 58.3 Å². The van der Waals surface area contributed by atoms with Gasteiger partial charge in [0.15, 0.2) is 5.96 Å². The van der Waals surface area contributed by atoms with Crippen LogP contribution in [-0.4, -0.2) is 51.8 Å². The molecule has 6 nitrogen and oxygen atoms in total. The van der Waals surface area contributed by atoms with Crippen molar-refractivity contribution in [2.75, 3.05) is 26.2 Å². The monoisotopic (exact) mass is 564 g/mol. The standard InChI is InChI=1S/C26H40N6.HI/c1-3-21-20-31(19-16-23(21)22-12-7-5-8-13-22)26(27-4-2)28-17-11-15-25-30-29-24-14-9-6-10-18-32(24)25;/h5,7-8,12-13,21,23H,3-4,6,9-11,14-20H2,1-2H3,(H,27,28);1H. The summed E-state index contributed by atoms with van der Waals surface area (Å²) in [6.45, 7) is 9.47. The van der Waals surface area contributed by atoms with E-state index in [1.165, 1.54) is 43.5 Å². The van der Waals surface area contributed by atoms with Crippen LogP contribution in [0, 0.1) is 5.92 Å². The Balaban J connectivity index is 0.00000306. The molecule has 7 heteroatoms. The number of aromatic nitrogens is 3. The summed E-state index contributed by atoms with van der Waals surface area (Å²) in [4.78, 5) is 7.49. The molecular formula is C26H41IN6. The first-order valence-electron chi connectivity index (χ1n) is 12.8. The minimum atomic E-state index is 0. The van der Waals surface area contributed by atoms with Crippen LogP contribution in [0.1, 0.15) is 75.5 Å². The number of piperidine rings is 1. The van der Waals surface area contributed by atoms with E-state index in [2.05, 4.69) is 69.2 Å². The van der Waals surface area contributed by atoms with Crippen molar-refractivity contribution in [1.82, 2.24) is 25.0 Å². The van der Waals surface area contributed by atoms with Gasteiger partial charge in [-0.1, -0.05) is 50.1 Å². The fourth-order valence-corrected chi connectivity index (χ4v) is 5.36. The molecule has 2 unspecified atom stereocenters. The van der Waals surface area contributed by atoms with Crippen molar-refractivity contribution in [1.29, 1.82) is 0 Å². The normalized spacial score (nSPS) is 21.2. The van der Waals surface area contributed by atoms with Crippen molar-refractivity contribution in [3.8, 4) is 0 Å². The van der Waals surface area contributed by atoms with Crippen LogP contribution in [0.2, 0.25) is 0 Å². The molecule has 0 amide bonds. The summed E-state index contributed by atoms with van der Waals surface area (Å²) in [5, 5.41) is 12.5. The van der Waals surface area contributed by atoms with Gasteiger partial charge in [0.1, 0.15) is 11.6 Å². The highest BCUT2D eigenvalue weighted by molar-refractivity contribution is 14.0. The van der Waals surface area contributed by atoms with E-state index in [1.807, 2.05) is 0 Å². The van der Waals surface area contributed by atoms with Gasteiger partial charge < -0.3 is 14.8 Å². The Morgan fingerprint density at radius 2 is 1.94 bits per heavy atom. The molecule has 2 aromatic rings. The molecule has 1 N–H and O–H groups in total. The molecule has 1 fully saturated rings. The third-order valence-corrected chi connectivity index (χ3v) is 7.13. The summed E-state index contributed by atoms with van der Waals surface area (Å²) in [5.41, 5.74) is 1.49. The lowest BCUT2D eigenvalue weighted by atomic mass is 9.79. The molecule has 1 aromatic carbocycles. The molecule has 1 saturated heterocycles. The maximum absolute atomic E-state index is 5.01. The second-order valence-electron chi connectivity index (χ2n) is 9.25. The first-order valence-corrected chi connectivity index (χ1v) is 12.8. The number of nitrogens with zero attached hydrogens (tertiary/aromatic N) is 5. The summed E-state index contributed by atoms with van der Waals surface area (Å²) in [6.07, 6.45) is 9.25. The number of hydrogen-bond donors (Lipinski definition) is 1. The molecule has 0 saturated carbocycles. The molecule has 0 aliphatic carbocycles. The third-order valence-electron chi connectivity index (χ3n) is 7.13. The molecule has 2 atom stereocenters. The van der Waals surface area contributed by atoms with Crippen LogP contribution in [0.3, 0.4) is 0 Å². The Bertz CT molecular complexity index is 865. The zero-order chi connectivity index (χ0) is 22.2. The van der Waals surface area contributed by atoms with Crippen molar-refractivity contribution in [2.24, 2.45) is 10.9 Å². The van der Waals surface area contributed by atoms with Gasteiger partial charge in [-0.3, -0.25) is 4.99 Å². The van der Waals surface area contributed by atoms with E-state index in [9.17, 15) is 0 Å². The number of rotatable bonds is 7. The highest BCUT2D eigenvalue weighted by Crippen LogP contribution is 2.34. The molecule has 2 aliphatic rings. The fourth-order valence-electron chi connectivity index (χ4n) is 5.36. The van der Waals surface area contributed by atoms with Crippen molar-refractivity contribution >= 4 is 29.9 Å². The molecule has 3 heterocycles. The first-order chi connectivity index (χ1) is 15.8. The number of guanidine groups is 1. The van der Waals surface area contributed by atoms with Gasteiger partial charge in [0.2, 0.25) is 0 Å². The van der Waals surface area contributed by atoms with Gasteiger partial charge in [-0.15, -0.1) is 34.2 Å². The van der Waals surface area contributed by atoms with Crippen LogP contribution < -0.4 is 5.32 Å². The number of likely N-dealkylation sites (tertiary alicyclic amines) is 1. The van der Waals surface area contributed by atoms with E-state index in [4.69, 9.17) is 4.99 Å². The summed E-state index contributed by atoms with van der Waals surface area (Å²) < 4.78 is 2.36. The number of aryl methyl sites for hydroxylation is 2. The Kier molecular flexibility index (Phi) is 10.5. The highest BCUT2D eigenvalue weighted by Gasteiger charge is 2.30. The lowest BCUT2D eigenvalue weighted by Gasteiger charge is -2.40. The quantitative estimate of drug-likeness (QED) is 0.222. The third kappa shape index (κ3) is 6.70. The Morgan fingerprint density at radius 1 is 1.09 bits per heavy atom. The van der Waals surface area contributed by atoms with Crippen LogP contribution in [0.15, 0.2) is 35.3 Å². The fraction of sp³-hybridized carbons (Fsp3) is 0.654. The van der Waals surface area contributed by atoms with Gasteiger partial charge in [0.05, 0.1) is 0 Å². The lowest BCUT2D eigenvalue weighted by Crippen LogP contribution is -2.48. The van der Waals surface area contributed by atoms with Crippen LogP contribution in [0.4, 0.5) is 0 Å². The maximum atomic E-state index is 5.01. The number of nitrogens with one attached hydrogen (secondary N) is 1. The van der Waals surface area contributed by atoms with Crippen molar-refractivity contribution in [3.63, 3.8) is 0 Å². The molecule has 2 aliphatic heterocycles. The molecule has 33 heavy (non-hydrogen) atoms. The minimum absolute atomic E-state index is 0. The second kappa shape index (κ2) is 13.3. The summed E-state index contributed by atoms with van der Waals surface area (Å²) in [6, 6.07) is 11.1. The van der Waals surface area contributed by atoms with Gasteiger partial charge in [-0.25, -0.2) is 0 Å². The molecule has 1 aromatic heterocycles. The van der Waals surface area contributed by atoms with Crippen LogP contribution >= 0.6 is 24.0 Å². The smallest absolute Gasteiger partial charge is 0.193 e. The number of aliphatic imine (C=N–C) groups is 1. The largest absolute Gasteiger partial charge is 0.357 e. The van der Waals surface area contributed by atoms with Gasteiger partial charge in [-0.05, 0) is 50.0 Å². The zero-order valence-corrected chi connectivity index (χ0v) is 22.7. The van der Waals surface area contributed by atoms with Gasteiger partial charge in [-0.2, -0.15) is 0 Å². The molecule has 0 spiro atoms. The Hall–Kier alpha value is -1.64. The predicted octanol–water partition coefficient (Wildman–Crippen LogP) is 5.04. The number of halogens is 1. The van der Waals surface area contributed by atoms with Gasteiger partial charge in [0.25, 0.3) is 0 Å². The molecule has 0 radical (unpaired) electrons. The molecule has 4 rings (SSSR count). The molecule has 182 valence electrons. The van der Waals surface area contributed by atoms with Gasteiger partial charge in [0, 0.05) is 45.6 Å². The van der Waals surface area contributed by atoms with Crippen LogP contribution in [-0.2, 0) is 19.4 Å². The number of fused-ring (bicyclic) bond motifs is 1. The summed E-state index contributed by atoms with van der Waals surface area (Å²) in [7, 11) is 0. The minimum Gasteiger partial charge on any atom is -0.357 e. The summed E-state index contributed by atoms with van der Waals surface area (Å²) >= 11 is 0. The average molecular weight is 565 g/mol. The number of benzene rings is 1. The SMILES string of the molecule is CCNC(=NCCCc1nnc2n1CCCCC2)N1CCC(c2ccccc2)C(CC)C1.I. The van der Waals surface area contributed by atoms with Crippen molar-refractivity contribution in [3.05, 3.63) is 47.5 Å². The maximum Gasteiger partial charge on any atom is 0.193 e. The zero-order valence-electron chi connectivity index (χ0n) is 20.4. The van der Waals surface area contributed by atoms with Crippen LogP contribution in [0.5, 0.6) is 0 Å². The molecular weight excluding hydrogens is 523 g/mol. The number of hydrogen-bond acceptors (Lipinski definition) is 3. The molecule has 0 bridgehead atoms. The second-order valence-corrected chi connectivity index (χ2v) is 9.25. The predicted molar refractivity (Wildman–Crippen MR) is 146 cm³/mol. The van der Waals surface area contributed by atoms with E-state index >= 15 is 0 Å². The first kappa shape index (κ1) is 26.0. The highest BCUT2D eigenvalue weighted by atomic mass is 127. The Labute approximate surface area is 216 Å². The Morgan fingerprint density at radius 3 is 2.73 bits per heavy atom. The lowest BCUT2D eigenvalue weighted by molar-refractivity contribution is 0.215.